The summed E-state index contributed by atoms with van der Waals surface area (Å²) in [4.78, 5) is 31.3. The van der Waals surface area contributed by atoms with E-state index in [2.05, 4.69) is 17.1 Å². The molecule has 2 aromatic rings. The van der Waals surface area contributed by atoms with E-state index in [-0.39, 0.29) is 17.6 Å². The Bertz CT molecular complexity index is 1000. The molecule has 6 nitrogen and oxygen atoms in total. The number of benzene rings is 2. The molecule has 0 aromatic heterocycles. The quantitative estimate of drug-likeness (QED) is 0.550. The van der Waals surface area contributed by atoms with E-state index < -0.39 is 12.0 Å². The van der Waals surface area contributed by atoms with E-state index in [0.717, 1.165) is 37.5 Å². The molecule has 4 rings (SSSR count). The van der Waals surface area contributed by atoms with Gasteiger partial charge in [0.2, 0.25) is 5.91 Å². The van der Waals surface area contributed by atoms with Crippen LogP contribution in [0.3, 0.4) is 0 Å². The van der Waals surface area contributed by atoms with Crippen LogP contribution >= 0.6 is 0 Å². The lowest BCUT2D eigenvalue weighted by Gasteiger charge is -2.41. The Hall–Kier alpha value is -2.77. The molecule has 2 aliphatic rings. The average Bonchev–Trinajstić information content (AvgIpc) is 2.87. The molecule has 0 aliphatic carbocycles. The van der Waals surface area contributed by atoms with Crippen molar-refractivity contribution >= 4 is 11.8 Å². The monoisotopic (exact) mass is 481 g/mol. The molecule has 7 heteroatoms. The molecule has 1 N–H and O–H groups in total. The van der Waals surface area contributed by atoms with Crippen molar-refractivity contribution in [3.8, 4) is 0 Å². The predicted octanol–water partition coefficient (Wildman–Crippen LogP) is 3.99. The van der Waals surface area contributed by atoms with Gasteiger partial charge in [0.1, 0.15) is 5.82 Å². The molecule has 2 aliphatic heterocycles. The zero-order valence-electron chi connectivity index (χ0n) is 20.7. The molecule has 0 radical (unpaired) electrons. The van der Waals surface area contributed by atoms with Crippen LogP contribution in [0.25, 0.3) is 0 Å². The molecule has 0 spiro atoms. The molecule has 0 unspecified atom stereocenters. The van der Waals surface area contributed by atoms with Gasteiger partial charge in [-0.15, -0.1) is 0 Å². The molecule has 2 amide bonds. The first kappa shape index (κ1) is 25.3. The smallest absolute Gasteiger partial charge is 0.254 e. The number of piperidine rings is 1. The predicted molar refractivity (Wildman–Crippen MR) is 134 cm³/mol. The molecule has 2 aromatic carbocycles. The van der Waals surface area contributed by atoms with Crippen LogP contribution in [0, 0.1) is 11.7 Å². The second kappa shape index (κ2) is 11.8. The summed E-state index contributed by atoms with van der Waals surface area (Å²) in [5.41, 5.74) is 1.97. The Morgan fingerprint density at radius 1 is 1.09 bits per heavy atom. The maximum atomic E-state index is 13.7. The van der Waals surface area contributed by atoms with Crippen LogP contribution in [-0.2, 0) is 9.53 Å². The van der Waals surface area contributed by atoms with Gasteiger partial charge < -0.3 is 19.9 Å². The van der Waals surface area contributed by atoms with Crippen LogP contribution in [0.1, 0.15) is 59.6 Å². The fraction of sp³-hybridized carbons (Fsp3) is 0.500. The number of hydrogen-bond acceptors (Lipinski definition) is 4. The van der Waals surface area contributed by atoms with Gasteiger partial charge in [0, 0.05) is 25.8 Å². The Morgan fingerprint density at radius 2 is 1.80 bits per heavy atom. The Morgan fingerprint density at radius 3 is 2.51 bits per heavy atom. The average molecular weight is 482 g/mol. The normalized spacial score (nSPS) is 21.1. The van der Waals surface area contributed by atoms with Crippen molar-refractivity contribution in [3.63, 3.8) is 0 Å². The molecule has 1 saturated heterocycles. The van der Waals surface area contributed by atoms with Gasteiger partial charge >= 0.3 is 0 Å². The minimum atomic E-state index is -0.595. The number of nitrogens with zero attached hydrogens (tertiary/aromatic N) is 2. The number of carbonyl (C=O) groups excluding carboxylic acids is 2. The Balaban J connectivity index is 1.55. The van der Waals surface area contributed by atoms with Crippen molar-refractivity contribution in [2.45, 2.75) is 38.1 Å². The molecule has 0 bridgehead atoms. The molecule has 0 saturated carbocycles. The van der Waals surface area contributed by atoms with Gasteiger partial charge in [-0.25, -0.2) is 4.39 Å². The highest BCUT2D eigenvalue weighted by Gasteiger charge is 2.43. The maximum Gasteiger partial charge on any atom is 0.254 e. The molecule has 1 fully saturated rings. The number of amides is 2. The van der Waals surface area contributed by atoms with E-state index in [1.54, 1.807) is 30.2 Å². The number of carbonyl (C=O) groups is 2. The van der Waals surface area contributed by atoms with Crippen LogP contribution in [-0.4, -0.2) is 68.1 Å². The van der Waals surface area contributed by atoms with E-state index in [1.807, 2.05) is 18.2 Å². The zero-order chi connectivity index (χ0) is 24.8. The van der Waals surface area contributed by atoms with Crippen molar-refractivity contribution in [3.05, 3.63) is 71.0 Å². The molecule has 35 heavy (non-hydrogen) atoms. The summed E-state index contributed by atoms with van der Waals surface area (Å²) in [6.07, 6.45) is 3.34. The van der Waals surface area contributed by atoms with Gasteiger partial charge in [0.15, 0.2) is 0 Å². The van der Waals surface area contributed by atoms with E-state index >= 15 is 0 Å². The molecular weight excluding hydrogens is 445 g/mol. The largest absolute Gasteiger partial charge is 0.383 e. The van der Waals surface area contributed by atoms with Crippen molar-refractivity contribution < 1.29 is 18.7 Å². The Labute approximate surface area is 207 Å². The van der Waals surface area contributed by atoms with Gasteiger partial charge in [0.05, 0.1) is 18.6 Å². The number of methoxy groups -OCH3 is 1. The fourth-order valence-corrected chi connectivity index (χ4v) is 5.25. The number of halogens is 1. The van der Waals surface area contributed by atoms with Gasteiger partial charge in [-0.1, -0.05) is 37.3 Å². The molecular formula is C28H36FN3O3. The van der Waals surface area contributed by atoms with Crippen LogP contribution in [0.5, 0.6) is 0 Å². The van der Waals surface area contributed by atoms with Gasteiger partial charge in [-0.2, -0.15) is 0 Å². The van der Waals surface area contributed by atoms with Gasteiger partial charge in [-0.3, -0.25) is 9.59 Å². The highest BCUT2D eigenvalue weighted by molar-refractivity contribution is 6.01. The highest BCUT2D eigenvalue weighted by atomic mass is 19.1. The summed E-state index contributed by atoms with van der Waals surface area (Å²) >= 11 is 0. The van der Waals surface area contributed by atoms with Crippen LogP contribution in [0.4, 0.5) is 4.39 Å². The number of fused-ring (bicyclic) bond motifs is 1. The van der Waals surface area contributed by atoms with Crippen molar-refractivity contribution in [2.75, 3.05) is 46.4 Å². The summed E-state index contributed by atoms with van der Waals surface area (Å²) in [5, 5.41) is 3.14. The van der Waals surface area contributed by atoms with E-state index in [0.29, 0.717) is 30.8 Å². The first-order valence-corrected chi connectivity index (χ1v) is 12.6. The van der Waals surface area contributed by atoms with Crippen LogP contribution in [0.2, 0.25) is 0 Å². The zero-order valence-corrected chi connectivity index (χ0v) is 20.7. The second-order valence-corrected chi connectivity index (χ2v) is 9.72. The SMILES string of the molecule is COCCN1C(=O)c2ccccc2[C@@H](C(=O)NCCCN2CCC(C)CC2)[C@@H]1c1ccc(F)cc1. The Kier molecular flexibility index (Phi) is 8.52. The minimum Gasteiger partial charge on any atom is -0.383 e. The van der Waals surface area contributed by atoms with E-state index in [4.69, 9.17) is 4.74 Å². The third-order valence-corrected chi connectivity index (χ3v) is 7.30. The molecule has 2 atom stereocenters. The number of nitrogens with one attached hydrogen (secondary N) is 1. The highest BCUT2D eigenvalue weighted by Crippen LogP contribution is 2.42. The summed E-state index contributed by atoms with van der Waals surface area (Å²) in [6, 6.07) is 12.8. The van der Waals surface area contributed by atoms with Gasteiger partial charge in [-0.05, 0) is 74.1 Å². The molecule has 188 valence electrons. The van der Waals surface area contributed by atoms with E-state index in [1.165, 1.54) is 25.0 Å². The van der Waals surface area contributed by atoms with Crippen LogP contribution in [0.15, 0.2) is 48.5 Å². The topological polar surface area (TPSA) is 61.9 Å². The summed E-state index contributed by atoms with van der Waals surface area (Å²) < 4.78 is 19.0. The summed E-state index contributed by atoms with van der Waals surface area (Å²) in [7, 11) is 1.59. The number of hydrogen-bond donors (Lipinski definition) is 1. The maximum absolute atomic E-state index is 13.7. The number of rotatable bonds is 9. The summed E-state index contributed by atoms with van der Waals surface area (Å²) in [6.45, 7) is 6.76. The van der Waals surface area contributed by atoms with Crippen molar-refractivity contribution in [1.29, 1.82) is 0 Å². The third kappa shape index (κ3) is 5.90. The summed E-state index contributed by atoms with van der Waals surface area (Å²) in [5.74, 6) is -0.413. The van der Waals surface area contributed by atoms with Crippen molar-refractivity contribution in [2.24, 2.45) is 5.92 Å². The third-order valence-electron chi connectivity index (χ3n) is 7.30. The first-order chi connectivity index (χ1) is 17.0. The van der Waals surface area contributed by atoms with E-state index in [9.17, 15) is 14.0 Å². The minimum absolute atomic E-state index is 0.117. The standard InChI is InChI=1S/C28H36FN3O3/c1-20-12-16-31(17-13-20)15-5-14-30-27(33)25-23-6-3-4-7-24(23)28(34)32(18-19-35-2)26(25)21-8-10-22(29)11-9-21/h3-4,6-11,20,25-26H,5,12-19H2,1-2H3,(H,30,33)/t25-,26+/m1/s1. The lowest BCUT2D eigenvalue weighted by Crippen LogP contribution is -2.48. The number of likely N-dealkylation sites (tertiary alicyclic amines) is 1. The fourth-order valence-electron chi connectivity index (χ4n) is 5.25. The van der Waals surface area contributed by atoms with Gasteiger partial charge in [0.25, 0.3) is 5.91 Å². The second-order valence-electron chi connectivity index (χ2n) is 9.72. The molecule has 2 heterocycles. The van der Waals surface area contributed by atoms with Crippen molar-refractivity contribution in [1.82, 2.24) is 15.1 Å². The number of ether oxygens (including phenoxy) is 1. The first-order valence-electron chi connectivity index (χ1n) is 12.6. The lowest BCUT2D eigenvalue weighted by atomic mass is 9.79. The lowest BCUT2D eigenvalue weighted by molar-refractivity contribution is -0.124. The van der Waals surface area contributed by atoms with Crippen LogP contribution < -0.4 is 5.32 Å².